The maximum Gasteiger partial charge on any atom is 0.309 e. The summed E-state index contributed by atoms with van der Waals surface area (Å²) in [6.45, 7) is 2.77. The summed E-state index contributed by atoms with van der Waals surface area (Å²) in [5.41, 5.74) is 6.51. The normalized spacial score (nSPS) is 17.8. The van der Waals surface area contributed by atoms with Crippen LogP contribution in [0.3, 0.4) is 0 Å². The van der Waals surface area contributed by atoms with Gasteiger partial charge in [0.25, 0.3) is 0 Å². The molecule has 0 saturated carbocycles. The number of piperidine rings is 1. The lowest BCUT2D eigenvalue weighted by atomic mass is 9.80. The second-order valence-electron chi connectivity index (χ2n) is 5.66. The molecule has 0 bridgehead atoms. The molecule has 1 heterocycles. The van der Waals surface area contributed by atoms with E-state index in [1.54, 1.807) is 24.0 Å². The molecule has 1 aliphatic heterocycles. The highest BCUT2D eigenvalue weighted by atomic mass is 16.4. The van der Waals surface area contributed by atoms with Gasteiger partial charge in [-0.3, -0.25) is 9.59 Å². The van der Waals surface area contributed by atoms with Crippen LogP contribution in [0, 0.1) is 5.41 Å². The fraction of sp³-hybridized carbons (Fsp3) is 0.467. The predicted octanol–water partition coefficient (Wildman–Crippen LogP) is 1.52. The van der Waals surface area contributed by atoms with E-state index in [9.17, 15) is 9.59 Å². The van der Waals surface area contributed by atoms with Crippen molar-refractivity contribution in [2.24, 2.45) is 5.41 Å². The number of carbonyl (C=O) groups is 2. The van der Waals surface area contributed by atoms with E-state index >= 15 is 0 Å². The maximum atomic E-state index is 12.2. The zero-order valence-electron chi connectivity index (χ0n) is 11.6. The standard InChI is InChI=1S/C15H20N2O3/c1-15(14(19)20)6-8-17(9-7-15)13(18)10-11-2-4-12(16)5-3-11/h2-5H,6-10,16H2,1H3,(H,19,20). The van der Waals surface area contributed by atoms with E-state index in [0.29, 0.717) is 38.0 Å². The maximum absolute atomic E-state index is 12.2. The SMILES string of the molecule is CC1(C(=O)O)CCN(C(=O)Cc2ccc(N)cc2)CC1. The van der Waals surface area contributed by atoms with Crippen molar-refractivity contribution >= 4 is 17.6 Å². The van der Waals surface area contributed by atoms with Gasteiger partial charge in [-0.15, -0.1) is 0 Å². The molecule has 2 rings (SSSR count). The average Bonchev–Trinajstić information content (AvgIpc) is 2.42. The Morgan fingerprint density at radius 1 is 1.25 bits per heavy atom. The van der Waals surface area contributed by atoms with E-state index in [0.717, 1.165) is 5.56 Å². The van der Waals surface area contributed by atoms with Crippen molar-refractivity contribution in [2.45, 2.75) is 26.2 Å². The third kappa shape index (κ3) is 3.10. The summed E-state index contributed by atoms with van der Waals surface area (Å²) in [4.78, 5) is 25.1. The number of benzene rings is 1. The van der Waals surface area contributed by atoms with Crippen molar-refractivity contribution in [1.82, 2.24) is 4.90 Å². The number of hydrogen-bond acceptors (Lipinski definition) is 3. The molecular weight excluding hydrogens is 256 g/mol. The van der Waals surface area contributed by atoms with Gasteiger partial charge in [-0.25, -0.2) is 0 Å². The van der Waals surface area contributed by atoms with Crippen molar-refractivity contribution in [3.05, 3.63) is 29.8 Å². The topological polar surface area (TPSA) is 83.6 Å². The minimum atomic E-state index is -0.775. The Kier molecular flexibility index (Phi) is 3.97. The Balaban J connectivity index is 1.92. The molecular formula is C15H20N2O3. The van der Waals surface area contributed by atoms with Crippen LogP contribution in [0.25, 0.3) is 0 Å². The molecule has 1 amide bonds. The molecule has 5 nitrogen and oxygen atoms in total. The van der Waals surface area contributed by atoms with E-state index in [1.807, 2.05) is 12.1 Å². The van der Waals surface area contributed by atoms with Crippen LogP contribution in [0.5, 0.6) is 0 Å². The number of nitrogen functional groups attached to an aromatic ring is 1. The second kappa shape index (κ2) is 5.53. The molecule has 108 valence electrons. The zero-order valence-corrected chi connectivity index (χ0v) is 11.6. The lowest BCUT2D eigenvalue weighted by Gasteiger charge is -2.36. The molecule has 1 aromatic carbocycles. The summed E-state index contributed by atoms with van der Waals surface area (Å²) < 4.78 is 0. The third-order valence-corrected chi connectivity index (χ3v) is 4.07. The average molecular weight is 276 g/mol. The van der Waals surface area contributed by atoms with Crippen molar-refractivity contribution in [3.8, 4) is 0 Å². The lowest BCUT2D eigenvalue weighted by Crippen LogP contribution is -2.45. The van der Waals surface area contributed by atoms with Crippen LogP contribution in [-0.2, 0) is 16.0 Å². The minimum absolute atomic E-state index is 0.0437. The van der Waals surface area contributed by atoms with Gasteiger partial charge in [0.05, 0.1) is 11.8 Å². The fourth-order valence-corrected chi connectivity index (χ4v) is 2.39. The van der Waals surface area contributed by atoms with Crippen LogP contribution in [0.15, 0.2) is 24.3 Å². The molecule has 0 atom stereocenters. The quantitative estimate of drug-likeness (QED) is 0.820. The van der Waals surface area contributed by atoms with Gasteiger partial charge < -0.3 is 15.7 Å². The second-order valence-corrected chi connectivity index (χ2v) is 5.66. The summed E-state index contributed by atoms with van der Waals surface area (Å²) in [6.07, 6.45) is 1.36. The van der Waals surface area contributed by atoms with Crippen molar-refractivity contribution in [2.75, 3.05) is 18.8 Å². The van der Waals surface area contributed by atoms with Gasteiger partial charge in [-0.2, -0.15) is 0 Å². The number of nitrogens with zero attached hydrogens (tertiary/aromatic N) is 1. The number of aliphatic carboxylic acids is 1. The monoisotopic (exact) mass is 276 g/mol. The van der Waals surface area contributed by atoms with Crippen molar-refractivity contribution < 1.29 is 14.7 Å². The van der Waals surface area contributed by atoms with E-state index in [4.69, 9.17) is 10.8 Å². The Morgan fingerprint density at radius 3 is 2.30 bits per heavy atom. The molecule has 0 aromatic heterocycles. The van der Waals surface area contributed by atoms with Crippen LogP contribution in [0.4, 0.5) is 5.69 Å². The first-order valence-electron chi connectivity index (χ1n) is 6.76. The van der Waals surface area contributed by atoms with Crippen LogP contribution in [0.2, 0.25) is 0 Å². The number of carboxylic acid groups (broad SMARTS) is 1. The van der Waals surface area contributed by atoms with Gasteiger partial charge in [0, 0.05) is 18.8 Å². The summed E-state index contributed by atoms with van der Waals surface area (Å²) in [7, 11) is 0. The molecule has 1 fully saturated rings. The van der Waals surface area contributed by atoms with Gasteiger partial charge in [0.15, 0.2) is 0 Å². The summed E-state index contributed by atoms with van der Waals surface area (Å²) in [5, 5.41) is 9.17. The molecule has 20 heavy (non-hydrogen) atoms. The number of anilines is 1. The third-order valence-electron chi connectivity index (χ3n) is 4.07. The van der Waals surface area contributed by atoms with Gasteiger partial charge in [0.2, 0.25) is 5.91 Å². The summed E-state index contributed by atoms with van der Waals surface area (Å²) >= 11 is 0. The van der Waals surface area contributed by atoms with E-state index in [-0.39, 0.29) is 5.91 Å². The number of nitrogens with two attached hydrogens (primary N) is 1. The number of likely N-dealkylation sites (tertiary alicyclic amines) is 1. The molecule has 0 aliphatic carbocycles. The Morgan fingerprint density at radius 2 is 1.80 bits per heavy atom. The Hall–Kier alpha value is -2.04. The minimum Gasteiger partial charge on any atom is -0.481 e. The fourth-order valence-electron chi connectivity index (χ4n) is 2.39. The summed E-state index contributed by atoms with van der Waals surface area (Å²) in [5.74, 6) is -0.731. The molecule has 1 aromatic rings. The number of hydrogen-bond donors (Lipinski definition) is 2. The predicted molar refractivity (Wildman–Crippen MR) is 76.1 cm³/mol. The Bertz CT molecular complexity index is 502. The highest BCUT2D eigenvalue weighted by Gasteiger charge is 2.37. The van der Waals surface area contributed by atoms with Crippen LogP contribution in [-0.4, -0.2) is 35.0 Å². The first kappa shape index (κ1) is 14.4. The van der Waals surface area contributed by atoms with Crippen LogP contribution in [0.1, 0.15) is 25.3 Å². The molecule has 0 unspecified atom stereocenters. The first-order valence-corrected chi connectivity index (χ1v) is 6.76. The molecule has 1 saturated heterocycles. The highest BCUT2D eigenvalue weighted by Crippen LogP contribution is 2.31. The van der Waals surface area contributed by atoms with Gasteiger partial charge >= 0.3 is 5.97 Å². The largest absolute Gasteiger partial charge is 0.481 e. The van der Waals surface area contributed by atoms with Gasteiger partial charge in [0.1, 0.15) is 0 Å². The van der Waals surface area contributed by atoms with Crippen LogP contribution >= 0.6 is 0 Å². The highest BCUT2D eigenvalue weighted by molar-refractivity contribution is 5.80. The van der Waals surface area contributed by atoms with Gasteiger partial charge in [-0.05, 0) is 37.5 Å². The number of carboxylic acids is 1. The van der Waals surface area contributed by atoms with Crippen molar-refractivity contribution in [1.29, 1.82) is 0 Å². The molecule has 0 radical (unpaired) electrons. The van der Waals surface area contributed by atoms with E-state index < -0.39 is 11.4 Å². The van der Waals surface area contributed by atoms with Crippen LogP contribution < -0.4 is 5.73 Å². The first-order chi connectivity index (χ1) is 9.40. The molecule has 3 N–H and O–H groups in total. The van der Waals surface area contributed by atoms with Gasteiger partial charge in [-0.1, -0.05) is 12.1 Å². The molecule has 0 spiro atoms. The number of amides is 1. The summed E-state index contributed by atoms with van der Waals surface area (Å²) in [6, 6.07) is 7.25. The van der Waals surface area contributed by atoms with Crippen molar-refractivity contribution in [3.63, 3.8) is 0 Å². The van der Waals surface area contributed by atoms with E-state index in [2.05, 4.69) is 0 Å². The lowest BCUT2D eigenvalue weighted by molar-refractivity contribution is -0.152. The zero-order chi connectivity index (χ0) is 14.8. The number of rotatable bonds is 3. The smallest absolute Gasteiger partial charge is 0.309 e. The number of carbonyl (C=O) groups excluding carboxylic acids is 1. The van der Waals surface area contributed by atoms with E-state index in [1.165, 1.54) is 0 Å². The molecule has 1 aliphatic rings. The Labute approximate surface area is 118 Å². The molecule has 5 heteroatoms.